The molecule has 8 heteroatoms. The molecular formula is C26H26F2N4O2. The molecule has 0 spiro atoms. The van der Waals surface area contributed by atoms with Gasteiger partial charge in [-0.15, -0.1) is 0 Å². The van der Waals surface area contributed by atoms with Gasteiger partial charge in [-0.3, -0.25) is 14.6 Å². The molecule has 0 aliphatic heterocycles. The number of hydrogen-bond acceptors (Lipinski definition) is 4. The molecule has 1 unspecified atom stereocenters. The Morgan fingerprint density at radius 2 is 1.65 bits per heavy atom. The number of halogens is 2. The van der Waals surface area contributed by atoms with Crippen molar-refractivity contribution in [2.45, 2.75) is 43.7 Å². The number of anilines is 1. The maximum absolute atomic E-state index is 13.8. The van der Waals surface area contributed by atoms with Gasteiger partial charge < -0.3 is 16.4 Å². The standard InChI is InChI=1S/C26H26F2N4O2/c27-21-8-7-19(15-22(21)28)26(11-1-2-12-26)32-24(33)16-23(29)17-3-5-18(6-4-17)25(34)31-20-9-13-30-14-10-20/h3-10,13-15,23H,1-2,11-12,16,29H2,(H,32,33)(H,30,31,34). The van der Waals surface area contributed by atoms with Gasteiger partial charge in [-0.1, -0.05) is 31.0 Å². The van der Waals surface area contributed by atoms with Crippen LogP contribution in [0.3, 0.4) is 0 Å². The fourth-order valence-corrected chi connectivity index (χ4v) is 4.41. The lowest BCUT2D eigenvalue weighted by molar-refractivity contribution is -0.123. The van der Waals surface area contributed by atoms with E-state index >= 15 is 0 Å². The van der Waals surface area contributed by atoms with Crippen molar-refractivity contribution in [2.24, 2.45) is 5.73 Å². The molecule has 1 fully saturated rings. The van der Waals surface area contributed by atoms with Crippen LogP contribution in [0.25, 0.3) is 0 Å². The molecule has 3 aromatic rings. The molecule has 1 saturated carbocycles. The van der Waals surface area contributed by atoms with E-state index in [0.29, 0.717) is 35.2 Å². The second-order valence-corrected chi connectivity index (χ2v) is 8.59. The maximum Gasteiger partial charge on any atom is 0.255 e. The summed E-state index contributed by atoms with van der Waals surface area (Å²) < 4.78 is 27.3. The number of nitrogens with zero attached hydrogens (tertiary/aromatic N) is 1. The second-order valence-electron chi connectivity index (χ2n) is 8.59. The lowest BCUT2D eigenvalue weighted by atomic mass is 9.87. The minimum absolute atomic E-state index is 0.0218. The molecule has 2 aromatic carbocycles. The number of nitrogens with two attached hydrogens (primary N) is 1. The molecule has 2 amide bonds. The Balaban J connectivity index is 1.39. The predicted octanol–water partition coefficient (Wildman–Crippen LogP) is 4.59. The summed E-state index contributed by atoms with van der Waals surface area (Å²) >= 11 is 0. The van der Waals surface area contributed by atoms with Gasteiger partial charge in [0.05, 0.1) is 5.54 Å². The van der Waals surface area contributed by atoms with Gasteiger partial charge in [-0.25, -0.2) is 8.78 Å². The Bertz CT molecular complexity index is 1160. The molecule has 1 aliphatic rings. The van der Waals surface area contributed by atoms with E-state index < -0.39 is 23.2 Å². The highest BCUT2D eigenvalue weighted by molar-refractivity contribution is 6.04. The number of rotatable bonds is 7. The molecule has 4 rings (SSSR count). The number of hydrogen-bond donors (Lipinski definition) is 3. The summed E-state index contributed by atoms with van der Waals surface area (Å²) in [5.41, 5.74) is 7.92. The highest BCUT2D eigenvalue weighted by Gasteiger charge is 2.37. The number of pyridine rings is 1. The first-order valence-corrected chi connectivity index (χ1v) is 11.2. The molecule has 0 radical (unpaired) electrons. The van der Waals surface area contributed by atoms with E-state index in [1.165, 1.54) is 6.07 Å². The normalized spacial score (nSPS) is 15.5. The van der Waals surface area contributed by atoms with Crippen molar-refractivity contribution < 1.29 is 18.4 Å². The van der Waals surface area contributed by atoms with E-state index in [4.69, 9.17) is 5.73 Å². The van der Waals surface area contributed by atoms with E-state index in [-0.39, 0.29) is 18.2 Å². The minimum Gasteiger partial charge on any atom is -0.347 e. The molecule has 1 aliphatic carbocycles. The quantitative estimate of drug-likeness (QED) is 0.477. The smallest absolute Gasteiger partial charge is 0.255 e. The van der Waals surface area contributed by atoms with Crippen LogP contribution in [-0.2, 0) is 10.3 Å². The van der Waals surface area contributed by atoms with Crippen LogP contribution in [0.15, 0.2) is 67.0 Å². The largest absolute Gasteiger partial charge is 0.347 e. The Morgan fingerprint density at radius 1 is 0.971 bits per heavy atom. The van der Waals surface area contributed by atoms with E-state index in [1.54, 1.807) is 48.8 Å². The minimum atomic E-state index is -0.928. The summed E-state index contributed by atoms with van der Waals surface area (Å²) in [7, 11) is 0. The lowest BCUT2D eigenvalue weighted by Crippen LogP contribution is -2.44. The van der Waals surface area contributed by atoms with Crippen molar-refractivity contribution in [1.82, 2.24) is 10.3 Å². The van der Waals surface area contributed by atoms with Crippen LogP contribution in [0.5, 0.6) is 0 Å². The lowest BCUT2D eigenvalue weighted by Gasteiger charge is -2.31. The van der Waals surface area contributed by atoms with Gasteiger partial charge >= 0.3 is 0 Å². The first-order valence-electron chi connectivity index (χ1n) is 11.2. The van der Waals surface area contributed by atoms with Crippen LogP contribution in [0, 0.1) is 11.6 Å². The van der Waals surface area contributed by atoms with Crippen molar-refractivity contribution >= 4 is 17.5 Å². The third-order valence-corrected chi connectivity index (χ3v) is 6.25. The van der Waals surface area contributed by atoms with Gasteiger partial charge in [0.15, 0.2) is 11.6 Å². The zero-order chi connectivity index (χ0) is 24.1. The first kappa shape index (κ1) is 23.5. The number of carbonyl (C=O) groups is 2. The van der Waals surface area contributed by atoms with Crippen LogP contribution in [0.4, 0.5) is 14.5 Å². The average molecular weight is 465 g/mol. The van der Waals surface area contributed by atoms with Gasteiger partial charge in [0.25, 0.3) is 5.91 Å². The second kappa shape index (κ2) is 10.1. The molecule has 34 heavy (non-hydrogen) atoms. The Labute approximate surface area is 196 Å². The van der Waals surface area contributed by atoms with Crippen molar-refractivity contribution in [3.63, 3.8) is 0 Å². The molecule has 1 aromatic heterocycles. The number of benzene rings is 2. The maximum atomic E-state index is 13.8. The molecular weight excluding hydrogens is 438 g/mol. The van der Waals surface area contributed by atoms with Gasteiger partial charge in [0.2, 0.25) is 5.91 Å². The van der Waals surface area contributed by atoms with Gasteiger partial charge in [0.1, 0.15) is 0 Å². The summed E-state index contributed by atoms with van der Waals surface area (Å²) in [5.74, 6) is -2.37. The van der Waals surface area contributed by atoms with Gasteiger partial charge in [-0.05, 0) is 60.4 Å². The van der Waals surface area contributed by atoms with Crippen molar-refractivity contribution in [3.8, 4) is 0 Å². The molecule has 0 bridgehead atoms. The molecule has 4 N–H and O–H groups in total. The molecule has 1 atom stereocenters. The Kier molecular flexibility index (Phi) is 6.98. The average Bonchev–Trinajstić information content (AvgIpc) is 3.31. The number of amides is 2. The van der Waals surface area contributed by atoms with Crippen molar-refractivity contribution in [1.29, 1.82) is 0 Å². The summed E-state index contributed by atoms with van der Waals surface area (Å²) in [6.07, 6.45) is 6.27. The summed E-state index contributed by atoms with van der Waals surface area (Å²) in [5, 5.41) is 5.82. The topological polar surface area (TPSA) is 97.1 Å². The summed E-state index contributed by atoms with van der Waals surface area (Å²) in [4.78, 5) is 29.2. The Morgan fingerprint density at radius 3 is 2.29 bits per heavy atom. The fraction of sp³-hybridized carbons (Fsp3) is 0.269. The highest BCUT2D eigenvalue weighted by Crippen LogP contribution is 2.39. The summed E-state index contributed by atoms with van der Waals surface area (Å²) in [6.45, 7) is 0. The number of aromatic nitrogens is 1. The zero-order valence-corrected chi connectivity index (χ0v) is 18.6. The van der Waals surface area contributed by atoms with Crippen molar-refractivity contribution in [3.05, 3.63) is 95.3 Å². The molecule has 1 heterocycles. The Hall–Kier alpha value is -3.65. The number of nitrogens with one attached hydrogen (secondary N) is 2. The van der Waals surface area contributed by atoms with Crippen LogP contribution in [-0.4, -0.2) is 16.8 Å². The molecule has 0 saturated heterocycles. The summed E-state index contributed by atoms with van der Waals surface area (Å²) in [6, 6.07) is 13.3. The zero-order valence-electron chi connectivity index (χ0n) is 18.6. The van der Waals surface area contributed by atoms with Gasteiger partial charge in [0, 0.05) is 36.1 Å². The SMILES string of the molecule is NC(CC(=O)NC1(c2ccc(F)c(F)c2)CCCC1)c1ccc(C(=O)Nc2ccncc2)cc1. The monoisotopic (exact) mass is 464 g/mol. The third-order valence-electron chi connectivity index (χ3n) is 6.25. The fourth-order valence-electron chi connectivity index (χ4n) is 4.41. The van der Waals surface area contributed by atoms with E-state index in [9.17, 15) is 18.4 Å². The highest BCUT2D eigenvalue weighted by atomic mass is 19.2. The van der Waals surface area contributed by atoms with Crippen LogP contribution in [0.2, 0.25) is 0 Å². The van der Waals surface area contributed by atoms with Crippen LogP contribution < -0.4 is 16.4 Å². The molecule has 176 valence electrons. The first-order chi connectivity index (χ1) is 16.4. The van der Waals surface area contributed by atoms with Crippen molar-refractivity contribution in [2.75, 3.05) is 5.32 Å². The number of carbonyl (C=O) groups excluding carboxylic acids is 2. The van der Waals surface area contributed by atoms with E-state index in [1.807, 2.05) is 0 Å². The third kappa shape index (κ3) is 5.28. The van der Waals surface area contributed by atoms with Gasteiger partial charge in [-0.2, -0.15) is 0 Å². The van der Waals surface area contributed by atoms with Crippen LogP contribution >= 0.6 is 0 Å². The molecule has 6 nitrogen and oxygen atoms in total. The van der Waals surface area contributed by atoms with Crippen LogP contribution in [0.1, 0.15) is 59.6 Å². The van der Waals surface area contributed by atoms with E-state index in [2.05, 4.69) is 15.6 Å². The van der Waals surface area contributed by atoms with E-state index in [0.717, 1.165) is 25.0 Å². The predicted molar refractivity (Wildman–Crippen MR) is 125 cm³/mol.